The van der Waals surface area contributed by atoms with Crippen molar-refractivity contribution in [1.29, 1.82) is 0 Å². The number of aromatic nitrogens is 1. The van der Waals surface area contributed by atoms with Crippen LogP contribution in [0.5, 0.6) is 0 Å². The quantitative estimate of drug-likeness (QED) is 0.718. The van der Waals surface area contributed by atoms with E-state index in [4.69, 9.17) is 11.6 Å². The Bertz CT molecular complexity index is 1060. The van der Waals surface area contributed by atoms with Crippen molar-refractivity contribution < 1.29 is 9.59 Å². The predicted octanol–water partition coefficient (Wildman–Crippen LogP) is 4.03. The molecule has 1 aromatic heterocycles. The largest absolute Gasteiger partial charge is 0.350 e. The number of carbonyl (C=O) groups is 2. The topological polar surface area (TPSA) is 51.1 Å². The fraction of sp³-hybridized carbons (Fsp3) is 0.0526. The number of hydrogen-bond donors (Lipinski definition) is 1. The number of aryl methyl sites for hydroxylation is 1. The van der Waals surface area contributed by atoms with Crippen molar-refractivity contribution in [3.63, 3.8) is 0 Å². The Balaban J connectivity index is 2.22. The van der Waals surface area contributed by atoms with Gasteiger partial charge in [0.15, 0.2) is 0 Å². The molecule has 118 valence electrons. The second kappa shape index (κ2) is 5.08. The van der Waals surface area contributed by atoms with Gasteiger partial charge >= 0.3 is 0 Å². The van der Waals surface area contributed by atoms with E-state index in [0.717, 1.165) is 22.0 Å². The molecular formula is C19H13ClN2O2. The number of benzene rings is 2. The molecule has 4 nitrogen and oxygen atoms in total. The normalized spacial score (nSPS) is 13.2. The first-order valence-electron chi connectivity index (χ1n) is 7.42. The van der Waals surface area contributed by atoms with Crippen LogP contribution in [-0.2, 0) is 7.05 Å². The molecule has 1 N–H and O–H groups in total. The van der Waals surface area contributed by atoms with Gasteiger partial charge in [0.1, 0.15) is 0 Å². The van der Waals surface area contributed by atoms with E-state index in [2.05, 4.69) is 11.9 Å². The number of hydrogen-bond acceptors (Lipinski definition) is 2. The van der Waals surface area contributed by atoms with Gasteiger partial charge in [-0.2, -0.15) is 0 Å². The Hall–Kier alpha value is -2.85. The van der Waals surface area contributed by atoms with Crippen LogP contribution in [0.2, 0.25) is 5.02 Å². The van der Waals surface area contributed by atoms with Crippen LogP contribution in [0.3, 0.4) is 0 Å². The van der Waals surface area contributed by atoms with E-state index >= 15 is 0 Å². The van der Waals surface area contributed by atoms with Gasteiger partial charge in [-0.05, 0) is 17.7 Å². The van der Waals surface area contributed by atoms with Crippen molar-refractivity contribution in [1.82, 2.24) is 9.88 Å². The van der Waals surface area contributed by atoms with Gasteiger partial charge in [0.25, 0.3) is 11.8 Å². The summed E-state index contributed by atoms with van der Waals surface area (Å²) in [6.45, 7) is 3.81. The highest BCUT2D eigenvalue weighted by atomic mass is 35.5. The third kappa shape index (κ3) is 1.87. The minimum absolute atomic E-state index is 0.370. The van der Waals surface area contributed by atoms with Crippen LogP contribution in [0, 0.1) is 0 Å². The Labute approximate surface area is 143 Å². The fourth-order valence-electron chi connectivity index (χ4n) is 3.32. The summed E-state index contributed by atoms with van der Waals surface area (Å²) in [7, 11) is 1.90. The number of imide groups is 1. The Kier molecular flexibility index (Phi) is 3.11. The zero-order valence-electron chi connectivity index (χ0n) is 12.9. The maximum atomic E-state index is 12.4. The highest BCUT2D eigenvalue weighted by Gasteiger charge is 2.34. The molecule has 0 bridgehead atoms. The van der Waals surface area contributed by atoms with Crippen LogP contribution in [0.15, 0.2) is 43.1 Å². The van der Waals surface area contributed by atoms with E-state index in [1.807, 2.05) is 42.1 Å². The van der Waals surface area contributed by atoms with Crippen molar-refractivity contribution in [3.05, 3.63) is 64.8 Å². The van der Waals surface area contributed by atoms with Gasteiger partial charge in [-0.1, -0.05) is 42.5 Å². The third-order valence-corrected chi connectivity index (χ3v) is 4.70. The lowest BCUT2D eigenvalue weighted by molar-refractivity contribution is 0.0880. The monoisotopic (exact) mass is 336 g/mol. The molecule has 24 heavy (non-hydrogen) atoms. The summed E-state index contributed by atoms with van der Waals surface area (Å²) in [4.78, 5) is 24.9. The van der Waals surface area contributed by atoms with Crippen LogP contribution >= 0.6 is 11.6 Å². The number of amides is 2. The minimum atomic E-state index is -0.398. The first-order valence-corrected chi connectivity index (χ1v) is 7.79. The number of nitrogens with one attached hydrogen (secondary N) is 1. The van der Waals surface area contributed by atoms with E-state index in [1.54, 1.807) is 12.1 Å². The van der Waals surface area contributed by atoms with Gasteiger partial charge in [-0.25, -0.2) is 0 Å². The molecular weight excluding hydrogens is 324 g/mol. The highest BCUT2D eigenvalue weighted by molar-refractivity contribution is 6.35. The van der Waals surface area contributed by atoms with E-state index in [1.165, 1.54) is 0 Å². The Morgan fingerprint density at radius 2 is 1.83 bits per heavy atom. The third-order valence-electron chi connectivity index (χ3n) is 4.37. The van der Waals surface area contributed by atoms with Crippen molar-refractivity contribution in [2.45, 2.75) is 0 Å². The van der Waals surface area contributed by atoms with Gasteiger partial charge in [0.05, 0.1) is 11.1 Å². The van der Waals surface area contributed by atoms with E-state index in [9.17, 15) is 9.59 Å². The van der Waals surface area contributed by atoms with Gasteiger partial charge in [-0.3, -0.25) is 14.9 Å². The number of rotatable bonds is 2. The second-order valence-corrected chi connectivity index (χ2v) is 6.14. The zero-order chi connectivity index (χ0) is 17.0. The molecule has 0 aliphatic carbocycles. The molecule has 2 heterocycles. The summed E-state index contributed by atoms with van der Waals surface area (Å²) in [5.74, 6) is -0.783. The standard InChI is InChI=1S/C19H13ClN2O2/c1-3-10-9-22(2)14-8-12(11-6-4-5-7-13(11)20)16-17(15(10)14)19(24)21-18(16)23/h3-9H,1H2,2H3,(H,21,23,24). The lowest BCUT2D eigenvalue weighted by atomic mass is 9.92. The van der Waals surface area contributed by atoms with Crippen LogP contribution in [-0.4, -0.2) is 16.4 Å². The van der Waals surface area contributed by atoms with Crippen LogP contribution in [0.4, 0.5) is 0 Å². The average Bonchev–Trinajstić information content (AvgIpc) is 3.04. The van der Waals surface area contributed by atoms with Crippen molar-refractivity contribution in [2.24, 2.45) is 7.05 Å². The highest BCUT2D eigenvalue weighted by Crippen LogP contribution is 2.39. The van der Waals surface area contributed by atoms with Crippen molar-refractivity contribution in [3.8, 4) is 11.1 Å². The molecule has 1 aliphatic heterocycles. The van der Waals surface area contributed by atoms with Gasteiger partial charge in [0.2, 0.25) is 0 Å². The van der Waals surface area contributed by atoms with E-state index in [-0.39, 0.29) is 5.91 Å². The maximum Gasteiger partial charge on any atom is 0.259 e. The number of carbonyl (C=O) groups excluding carboxylic acids is 2. The second-order valence-electron chi connectivity index (χ2n) is 5.73. The lowest BCUT2D eigenvalue weighted by Gasteiger charge is -2.11. The van der Waals surface area contributed by atoms with Gasteiger partial charge in [-0.15, -0.1) is 0 Å². The molecule has 0 spiro atoms. The molecule has 3 aromatic rings. The Morgan fingerprint density at radius 3 is 2.54 bits per heavy atom. The van der Waals surface area contributed by atoms with E-state index in [0.29, 0.717) is 21.7 Å². The van der Waals surface area contributed by atoms with Gasteiger partial charge < -0.3 is 4.57 Å². The van der Waals surface area contributed by atoms with Crippen LogP contribution in [0.25, 0.3) is 28.1 Å². The summed E-state index contributed by atoms with van der Waals surface area (Å²) in [6, 6.07) is 9.20. The number of halogens is 1. The fourth-order valence-corrected chi connectivity index (χ4v) is 3.56. The minimum Gasteiger partial charge on any atom is -0.350 e. The summed E-state index contributed by atoms with van der Waals surface area (Å²) in [5.41, 5.74) is 3.81. The first kappa shape index (κ1) is 14.7. The Morgan fingerprint density at radius 1 is 1.12 bits per heavy atom. The molecule has 0 unspecified atom stereocenters. The molecule has 0 saturated heterocycles. The molecule has 0 saturated carbocycles. The summed E-state index contributed by atoms with van der Waals surface area (Å²) in [6.07, 6.45) is 3.58. The SMILES string of the molecule is C=Cc1cn(C)c2cc(-c3ccccc3Cl)c3c(c12)C(=O)NC3=O. The molecule has 1 aliphatic rings. The summed E-state index contributed by atoms with van der Waals surface area (Å²) < 4.78 is 1.92. The van der Waals surface area contributed by atoms with Crippen molar-refractivity contribution >= 4 is 40.4 Å². The molecule has 4 rings (SSSR count). The molecule has 0 radical (unpaired) electrons. The summed E-state index contributed by atoms with van der Waals surface area (Å²) in [5, 5.41) is 3.67. The van der Waals surface area contributed by atoms with Crippen LogP contribution in [0.1, 0.15) is 26.3 Å². The lowest BCUT2D eigenvalue weighted by Crippen LogP contribution is -2.20. The number of fused-ring (bicyclic) bond motifs is 3. The van der Waals surface area contributed by atoms with Crippen LogP contribution < -0.4 is 5.32 Å². The zero-order valence-corrected chi connectivity index (χ0v) is 13.6. The predicted molar refractivity (Wildman–Crippen MR) is 95.3 cm³/mol. The molecule has 0 fully saturated rings. The average molecular weight is 337 g/mol. The van der Waals surface area contributed by atoms with E-state index < -0.39 is 5.91 Å². The van der Waals surface area contributed by atoms with Gasteiger partial charge in [0, 0.05) is 40.3 Å². The molecule has 5 heteroatoms. The first-order chi connectivity index (χ1) is 11.5. The molecule has 0 atom stereocenters. The van der Waals surface area contributed by atoms with Crippen molar-refractivity contribution in [2.75, 3.05) is 0 Å². The maximum absolute atomic E-state index is 12.4. The summed E-state index contributed by atoms with van der Waals surface area (Å²) >= 11 is 6.33. The smallest absolute Gasteiger partial charge is 0.259 e. The number of nitrogens with zero attached hydrogens (tertiary/aromatic N) is 1. The molecule has 2 amide bonds. The molecule has 2 aromatic carbocycles.